The second kappa shape index (κ2) is 7.81. The summed E-state index contributed by atoms with van der Waals surface area (Å²) in [6.07, 6.45) is 3.35. The minimum Gasteiger partial charge on any atom is -0.342 e. The summed E-state index contributed by atoms with van der Waals surface area (Å²) in [5.41, 5.74) is 7.24. The van der Waals surface area contributed by atoms with Crippen molar-refractivity contribution in [3.8, 4) is 0 Å². The highest BCUT2D eigenvalue weighted by molar-refractivity contribution is 5.85. The Labute approximate surface area is 134 Å². The van der Waals surface area contributed by atoms with Crippen molar-refractivity contribution in [3.63, 3.8) is 0 Å². The quantitative estimate of drug-likeness (QED) is 0.932. The van der Waals surface area contributed by atoms with Crippen LogP contribution in [0.15, 0.2) is 30.3 Å². The van der Waals surface area contributed by atoms with E-state index in [0.717, 1.165) is 31.5 Å². The predicted octanol–water partition coefficient (Wildman–Crippen LogP) is 3.19. The van der Waals surface area contributed by atoms with Crippen LogP contribution in [0, 0.1) is 5.41 Å². The summed E-state index contributed by atoms with van der Waals surface area (Å²) in [4.78, 5) is 14.8. The molecule has 0 aromatic heterocycles. The summed E-state index contributed by atoms with van der Waals surface area (Å²) in [6.45, 7) is 6.68. The average molecular weight is 311 g/mol. The van der Waals surface area contributed by atoms with Crippen LogP contribution in [0.2, 0.25) is 0 Å². The molecular formula is C17H27ClN2O. The number of hydrogen-bond acceptors (Lipinski definition) is 2. The van der Waals surface area contributed by atoms with Crippen LogP contribution in [0.1, 0.15) is 44.6 Å². The number of carbonyl (C=O) groups is 1. The van der Waals surface area contributed by atoms with Crippen LogP contribution >= 0.6 is 12.4 Å². The van der Waals surface area contributed by atoms with Gasteiger partial charge in [0.25, 0.3) is 0 Å². The van der Waals surface area contributed by atoms with Crippen molar-refractivity contribution in [2.75, 3.05) is 19.6 Å². The second-order valence-electron chi connectivity index (χ2n) is 6.54. The van der Waals surface area contributed by atoms with Crippen molar-refractivity contribution < 1.29 is 4.79 Å². The van der Waals surface area contributed by atoms with Gasteiger partial charge >= 0.3 is 0 Å². The molecule has 4 heteroatoms. The first-order chi connectivity index (χ1) is 9.53. The molecule has 1 heterocycles. The van der Waals surface area contributed by atoms with Gasteiger partial charge in [-0.05, 0) is 30.2 Å². The highest BCUT2D eigenvalue weighted by Crippen LogP contribution is 2.30. The van der Waals surface area contributed by atoms with Crippen LogP contribution in [0.5, 0.6) is 0 Å². The number of benzene rings is 1. The molecule has 1 amide bonds. The Balaban J connectivity index is 0.00000220. The lowest BCUT2D eigenvalue weighted by molar-refractivity contribution is -0.132. The van der Waals surface area contributed by atoms with E-state index in [9.17, 15) is 4.79 Å². The highest BCUT2D eigenvalue weighted by Gasteiger charge is 2.29. The zero-order valence-corrected chi connectivity index (χ0v) is 13.9. The van der Waals surface area contributed by atoms with Gasteiger partial charge in [0.15, 0.2) is 0 Å². The first kappa shape index (κ1) is 18.0. The van der Waals surface area contributed by atoms with Crippen molar-refractivity contribution >= 4 is 18.3 Å². The summed E-state index contributed by atoms with van der Waals surface area (Å²) >= 11 is 0. The van der Waals surface area contributed by atoms with E-state index in [1.807, 2.05) is 35.2 Å². The number of rotatable bonds is 3. The third-order valence-corrected chi connectivity index (χ3v) is 4.39. The summed E-state index contributed by atoms with van der Waals surface area (Å²) in [6, 6.07) is 9.90. The average Bonchev–Trinajstić information content (AvgIpc) is 2.61. The van der Waals surface area contributed by atoms with Crippen LogP contribution in [0.25, 0.3) is 0 Å². The van der Waals surface area contributed by atoms with Crippen molar-refractivity contribution in [1.29, 1.82) is 0 Å². The van der Waals surface area contributed by atoms with E-state index in [1.54, 1.807) is 0 Å². The van der Waals surface area contributed by atoms with Gasteiger partial charge in [-0.2, -0.15) is 0 Å². The molecule has 1 aliphatic heterocycles. The second-order valence-corrected chi connectivity index (χ2v) is 6.54. The summed E-state index contributed by atoms with van der Waals surface area (Å²) < 4.78 is 0. The Morgan fingerprint density at radius 2 is 1.90 bits per heavy atom. The molecule has 1 aromatic rings. The topological polar surface area (TPSA) is 46.3 Å². The molecule has 1 fully saturated rings. The molecule has 0 bridgehead atoms. The van der Waals surface area contributed by atoms with Crippen LogP contribution < -0.4 is 5.73 Å². The van der Waals surface area contributed by atoms with Crippen molar-refractivity contribution in [2.24, 2.45) is 11.1 Å². The lowest BCUT2D eigenvalue weighted by Crippen LogP contribution is -2.38. The summed E-state index contributed by atoms with van der Waals surface area (Å²) in [5.74, 6) is -0.00573. The molecule has 1 aliphatic rings. The maximum atomic E-state index is 12.7. The van der Waals surface area contributed by atoms with Crippen LogP contribution in [-0.4, -0.2) is 30.4 Å². The predicted molar refractivity (Wildman–Crippen MR) is 89.7 cm³/mol. The van der Waals surface area contributed by atoms with E-state index >= 15 is 0 Å². The van der Waals surface area contributed by atoms with E-state index in [-0.39, 0.29) is 24.2 Å². The molecule has 21 heavy (non-hydrogen) atoms. The first-order valence-corrected chi connectivity index (χ1v) is 7.57. The highest BCUT2D eigenvalue weighted by atomic mass is 35.5. The van der Waals surface area contributed by atoms with Gasteiger partial charge in [0.2, 0.25) is 5.91 Å². The molecule has 3 nitrogen and oxygen atoms in total. The van der Waals surface area contributed by atoms with Crippen molar-refractivity contribution in [2.45, 2.75) is 39.0 Å². The number of hydrogen-bond donors (Lipinski definition) is 1. The lowest BCUT2D eigenvalue weighted by Gasteiger charge is -2.27. The molecule has 1 saturated heterocycles. The van der Waals surface area contributed by atoms with Gasteiger partial charge in [-0.25, -0.2) is 0 Å². The SMILES string of the molecule is CC1(C)CCCN(C(=O)C(CN)c2ccccc2)CC1.Cl. The molecule has 1 aromatic carbocycles. The summed E-state index contributed by atoms with van der Waals surface area (Å²) in [7, 11) is 0. The Morgan fingerprint density at radius 3 is 2.52 bits per heavy atom. The van der Waals surface area contributed by atoms with Gasteiger partial charge in [-0.1, -0.05) is 44.2 Å². The fourth-order valence-corrected chi connectivity index (χ4v) is 2.93. The zero-order valence-electron chi connectivity index (χ0n) is 13.0. The summed E-state index contributed by atoms with van der Waals surface area (Å²) in [5, 5.41) is 0. The number of carbonyl (C=O) groups excluding carboxylic acids is 1. The largest absolute Gasteiger partial charge is 0.342 e. The molecule has 0 saturated carbocycles. The first-order valence-electron chi connectivity index (χ1n) is 7.57. The zero-order chi connectivity index (χ0) is 14.6. The molecular weight excluding hydrogens is 284 g/mol. The Hall–Kier alpha value is -1.06. The Bertz CT molecular complexity index is 447. The third kappa shape index (κ3) is 4.72. The lowest BCUT2D eigenvalue weighted by atomic mass is 9.85. The van der Waals surface area contributed by atoms with Crippen molar-refractivity contribution in [1.82, 2.24) is 4.90 Å². The monoisotopic (exact) mass is 310 g/mol. The van der Waals surface area contributed by atoms with Gasteiger partial charge in [0.05, 0.1) is 5.92 Å². The van der Waals surface area contributed by atoms with Gasteiger partial charge in [0.1, 0.15) is 0 Å². The van der Waals surface area contributed by atoms with Crippen LogP contribution in [0.3, 0.4) is 0 Å². The van der Waals surface area contributed by atoms with E-state index < -0.39 is 0 Å². The number of nitrogens with two attached hydrogens (primary N) is 1. The van der Waals surface area contributed by atoms with E-state index in [4.69, 9.17) is 5.73 Å². The molecule has 1 atom stereocenters. The molecule has 2 rings (SSSR count). The minimum absolute atomic E-state index is 0. The van der Waals surface area contributed by atoms with E-state index in [1.165, 1.54) is 6.42 Å². The van der Waals surface area contributed by atoms with Gasteiger partial charge in [-0.15, -0.1) is 12.4 Å². The van der Waals surface area contributed by atoms with Crippen LogP contribution in [-0.2, 0) is 4.79 Å². The normalized spacial score (nSPS) is 19.3. The molecule has 1 unspecified atom stereocenters. The maximum absolute atomic E-state index is 12.7. The van der Waals surface area contributed by atoms with Gasteiger partial charge < -0.3 is 10.6 Å². The maximum Gasteiger partial charge on any atom is 0.231 e. The minimum atomic E-state index is -0.197. The van der Waals surface area contributed by atoms with Crippen molar-refractivity contribution in [3.05, 3.63) is 35.9 Å². The molecule has 2 N–H and O–H groups in total. The van der Waals surface area contributed by atoms with Gasteiger partial charge in [-0.3, -0.25) is 4.79 Å². The fraction of sp³-hybridized carbons (Fsp3) is 0.588. The van der Waals surface area contributed by atoms with E-state index in [0.29, 0.717) is 12.0 Å². The van der Waals surface area contributed by atoms with E-state index in [2.05, 4.69) is 13.8 Å². The fourth-order valence-electron chi connectivity index (χ4n) is 2.93. The number of halogens is 1. The number of likely N-dealkylation sites (tertiary alicyclic amines) is 1. The van der Waals surface area contributed by atoms with Crippen LogP contribution in [0.4, 0.5) is 0 Å². The number of amides is 1. The van der Waals surface area contributed by atoms with Gasteiger partial charge in [0, 0.05) is 19.6 Å². The molecule has 0 aliphatic carbocycles. The Morgan fingerprint density at radius 1 is 1.24 bits per heavy atom. The standard InChI is InChI=1S/C17H26N2O.ClH/c1-17(2)9-6-11-19(12-10-17)16(20)15(13-18)14-7-4-3-5-8-14;/h3-5,7-8,15H,6,9-13,18H2,1-2H3;1H. The Kier molecular flexibility index (Phi) is 6.69. The molecule has 0 radical (unpaired) electrons. The number of nitrogens with zero attached hydrogens (tertiary/aromatic N) is 1. The molecule has 0 spiro atoms. The smallest absolute Gasteiger partial charge is 0.231 e. The molecule has 118 valence electrons. The third-order valence-electron chi connectivity index (χ3n) is 4.39.